The van der Waals surface area contributed by atoms with E-state index in [2.05, 4.69) is 15.4 Å². The van der Waals surface area contributed by atoms with Crippen molar-refractivity contribution in [1.29, 1.82) is 0 Å². The van der Waals surface area contributed by atoms with Crippen molar-refractivity contribution < 1.29 is 24.2 Å². The molecule has 0 spiro atoms. The molecule has 108 valence electrons. The minimum atomic E-state index is -1.20. The summed E-state index contributed by atoms with van der Waals surface area (Å²) in [6, 6.07) is 5.42. The molecule has 7 heteroatoms. The van der Waals surface area contributed by atoms with E-state index in [1.807, 2.05) is 0 Å². The number of carbonyl (C=O) groups is 3. The Morgan fingerprint density at radius 3 is 2.25 bits per heavy atom. The molecule has 0 heterocycles. The van der Waals surface area contributed by atoms with Crippen molar-refractivity contribution in [2.75, 3.05) is 7.11 Å². The predicted octanol–water partition coefficient (Wildman–Crippen LogP) is 0.673. The highest BCUT2D eigenvalue weighted by Crippen LogP contribution is 2.12. The molecule has 0 aliphatic carbocycles. The molecule has 3 N–H and O–H groups in total. The fourth-order valence-corrected chi connectivity index (χ4v) is 1.54. The lowest BCUT2D eigenvalue weighted by molar-refractivity contribution is -0.142. The summed E-state index contributed by atoms with van der Waals surface area (Å²) >= 11 is 0. The second-order valence-electron chi connectivity index (χ2n) is 4.04. The molecular formula is C13H16N2O5. The number of aliphatic carboxylic acids is 1. The molecule has 2 unspecified atom stereocenters. The molecule has 0 fully saturated rings. The third kappa shape index (κ3) is 4.27. The number of rotatable bonds is 5. The maximum Gasteiger partial charge on any atom is 0.330 e. The quantitative estimate of drug-likeness (QED) is 0.688. The molecular weight excluding hydrogens is 264 g/mol. The summed E-state index contributed by atoms with van der Waals surface area (Å²) in [7, 11) is 1.20. The third-order valence-electron chi connectivity index (χ3n) is 2.56. The number of hydrogen-bond acceptors (Lipinski definition) is 4. The lowest BCUT2D eigenvalue weighted by Gasteiger charge is -2.17. The van der Waals surface area contributed by atoms with E-state index in [0.717, 1.165) is 0 Å². The second-order valence-corrected chi connectivity index (χ2v) is 4.04. The van der Waals surface area contributed by atoms with Crippen LogP contribution in [0.1, 0.15) is 18.5 Å². The van der Waals surface area contributed by atoms with E-state index in [0.29, 0.717) is 5.56 Å². The first-order valence-electron chi connectivity index (χ1n) is 5.88. The van der Waals surface area contributed by atoms with Crippen molar-refractivity contribution in [2.24, 2.45) is 0 Å². The molecule has 0 radical (unpaired) electrons. The first-order valence-corrected chi connectivity index (χ1v) is 5.88. The zero-order chi connectivity index (χ0) is 15.1. The van der Waals surface area contributed by atoms with Gasteiger partial charge in [0.2, 0.25) is 0 Å². The Labute approximate surface area is 115 Å². The number of esters is 1. The standard InChI is InChI=1S/C13H16N2O5/c1-8(12(18)20-2)14-13(19)15-10(11(16)17)9-6-4-3-5-7-9/h3-8,10H,1-2H3,(H,16,17)(H2,14,15,19). The highest BCUT2D eigenvalue weighted by molar-refractivity contribution is 5.86. The number of nitrogens with one attached hydrogen (secondary N) is 2. The van der Waals surface area contributed by atoms with Gasteiger partial charge >= 0.3 is 18.0 Å². The highest BCUT2D eigenvalue weighted by atomic mass is 16.5. The molecule has 2 amide bonds. The number of ether oxygens (including phenoxy) is 1. The van der Waals surface area contributed by atoms with Gasteiger partial charge in [0.1, 0.15) is 6.04 Å². The van der Waals surface area contributed by atoms with Crippen molar-refractivity contribution in [3.8, 4) is 0 Å². The fourth-order valence-electron chi connectivity index (χ4n) is 1.54. The lowest BCUT2D eigenvalue weighted by Crippen LogP contribution is -2.47. The van der Waals surface area contributed by atoms with Gasteiger partial charge in [-0.3, -0.25) is 0 Å². The van der Waals surface area contributed by atoms with Gasteiger partial charge < -0.3 is 20.5 Å². The Morgan fingerprint density at radius 1 is 1.15 bits per heavy atom. The normalized spacial score (nSPS) is 12.9. The predicted molar refractivity (Wildman–Crippen MR) is 70.0 cm³/mol. The number of hydrogen-bond donors (Lipinski definition) is 3. The zero-order valence-electron chi connectivity index (χ0n) is 11.1. The van der Waals surface area contributed by atoms with E-state index in [9.17, 15) is 14.4 Å². The van der Waals surface area contributed by atoms with Crippen molar-refractivity contribution >= 4 is 18.0 Å². The molecule has 2 atom stereocenters. The van der Waals surface area contributed by atoms with Gasteiger partial charge in [-0.05, 0) is 12.5 Å². The number of carbonyl (C=O) groups excluding carboxylic acids is 2. The van der Waals surface area contributed by atoms with Gasteiger partial charge in [0.15, 0.2) is 6.04 Å². The van der Waals surface area contributed by atoms with Crippen molar-refractivity contribution in [3.05, 3.63) is 35.9 Å². The van der Waals surface area contributed by atoms with Gasteiger partial charge in [-0.1, -0.05) is 30.3 Å². The molecule has 1 aromatic rings. The first kappa shape index (κ1) is 15.5. The smallest absolute Gasteiger partial charge is 0.330 e. The van der Waals surface area contributed by atoms with Crippen LogP contribution < -0.4 is 10.6 Å². The molecule has 7 nitrogen and oxygen atoms in total. The maximum atomic E-state index is 11.7. The number of benzene rings is 1. The van der Waals surface area contributed by atoms with Gasteiger partial charge in [-0.25, -0.2) is 14.4 Å². The number of amides is 2. The average molecular weight is 280 g/mol. The van der Waals surface area contributed by atoms with Crippen LogP contribution in [0, 0.1) is 0 Å². The average Bonchev–Trinajstić information content (AvgIpc) is 2.44. The van der Waals surface area contributed by atoms with Crippen LogP contribution in [0.3, 0.4) is 0 Å². The summed E-state index contributed by atoms with van der Waals surface area (Å²) in [6.07, 6.45) is 0. The molecule has 0 aromatic heterocycles. The minimum absolute atomic E-state index is 0.431. The van der Waals surface area contributed by atoms with Crippen LogP contribution in [0.15, 0.2) is 30.3 Å². The Morgan fingerprint density at radius 2 is 1.75 bits per heavy atom. The summed E-state index contributed by atoms with van der Waals surface area (Å²) < 4.78 is 4.45. The van der Waals surface area contributed by atoms with Crippen LogP contribution in [-0.2, 0) is 14.3 Å². The van der Waals surface area contributed by atoms with Crippen molar-refractivity contribution in [3.63, 3.8) is 0 Å². The van der Waals surface area contributed by atoms with E-state index >= 15 is 0 Å². The Kier molecular flexibility index (Phi) is 5.52. The molecule has 0 saturated heterocycles. The van der Waals surface area contributed by atoms with Crippen LogP contribution in [0.2, 0.25) is 0 Å². The van der Waals surface area contributed by atoms with Gasteiger partial charge in [-0.2, -0.15) is 0 Å². The monoisotopic (exact) mass is 280 g/mol. The maximum absolute atomic E-state index is 11.7. The summed E-state index contributed by atoms with van der Waals surface area (Å²) in [5, 5.41) is 13.7. The molecule has 0 aliphatic rings. The molecule has 0 bridgehead atoms. The highest BCUT2D eigenvalue weighted by Gasteiger charge is 2.23. The molecule has 20 heavy (non-hydrogen) atoms. The second kappa shape index (κ2) is 7.13. The van der Waals surface area contributed by atoms with Crippen LogP contribution in [0.4, 0.5) is 4.79 Å². The summed E-state index contributed by atoms with van der Waals surface area (Å²) in [4.78, 5) is 34.0. The van der Waals surface area contributed by atoms with Gasteiger partial charge in [0.25, 0.3) is 0 Å². The Balaban J connectivity index is 2.70. The van der Waals surface area contributed by atoms with Crippen LogP contribution in [0.5, 0.6) is 0 Å². The van der Waals surface area contributed by atoms with E-state index in [4.69, 9.17) is 5.11 Å². The third-order valence-corrected chi connectivity index (χ3v) is 2.56. The van der Waals surface area contributed by atoms with E-state index in [-0.39, 0.29) is 0 Å². The van der Waals surface area contributed by atoms with Crippen LogP contribution in [0.25, 0.3) is 0 Å². The van der Waals surface area contributed by atoms with Gasteiger partial charge in [0.05, 0.1) is 7.11 Å². The first-order chi connectivity index (χ1) is 9.45. The largest absolute Gasteiger partial charge is 0.479 e. The Hall–Kier alpha value is -2.57. The van der Waals surface area contributed by atoms with E-state index in [1.54, 1.807) is 30.3 Å². The molecule has 1 aromatic carbocycles. The fraction of sp³-hybridized carbons (Fsp3) is 0.308. The SMILES string of the molecule is COC(=O)C(C)NC(=O)NC(C(=O)O)c1ccccc1. The number of carboxylic acids is 1. The molecule has 0 saturated carbocycles. The molecule has 0 aliphatic heterocycles. The lowest BCUT2D eigenvalue weighted by atomic mass is 10.1. The number of carboxylic acid groups (broad SMARTS) is 1. The topological polar surface area (TPSA) is 105 Å². The van der Waals surface area contributed by atoms with Gasteiger partial charge in [0, 0.05) is 0 Å². The summed E-state index contributed by atoms with van der Waals surface area (Å²) in [5.41, 5.74) is 0.431. The van der Waals surface area contributed by atoms with E-state index < -0.39 is 30.1 Å². The van der Waals surface area contributed by atoms with Gasteiger partial charge in [-0.15, -0.1) is 0 Å². The summed E-state index contributed by atoms with van der Waals surface area (Å²) in [5.74, 6) is -1.82. The molecule has 1 rings (SSSR count). The minimum Gasteiger partial charge on any atom is -0.479 e. The number of urea groups is 1. The van der Waals surface area contributed by atoms with Crippen molar-refractivity contribution in [2.45, 2.75) is 19.0 Å². The summed E-state index contributed by atoms with van der Waals surface area (Å²) in [6.45, 7) is 1.43. The zero-order valence-corrected chi connectivity index (χ0v) is 11.1. The Bertz CT molecular complexity index is 489. The van der Waals surface area contributed by atoms with Crippen LogP contribution >= 0.6 is 0 Å². The van der Waals surface area contributed by atoms with Crippen LogP contribution in [-0.4, -0.2) is 36.2 Å². The van der Waals surface area contributed by atoms with E-state index in [1.165, 1.54) is 14.0 Å². The number of methoxy groups -OCH3 is 1. The van der Waals surface area contributed by atoms with Crippen molar-refractivity contribution in [1.82, 2.24) is 10.6 Å².